The van der Waals surface area contributed by atoms with Crippen LogP contribution in [0.3, 0.4) is 0 Å². The number of rotatable bonds is 5. The number of nitrogens with one attached hydrogen (secondary N) is 1. The molecule has 0 aliphatic carbocycles. The third-order valence-electron chi connectivity index (χ3n) is 2.44. The van der Waals surface area contributed by atoms with E-state index in [1.165, 1.54) is 6.07 Å². The van der Waals surface area contributed by atoms with Crippen molar-refractivity contribution in [3.8, 4) is 0 Å². The van der Waals surface area contributed by atoms with E-state index in [1.54, 1.807) is 12.3 Å². The highest BCUT2D eigenvalue weighted by Crippen LogP contribution is 2.11. The van der Waals surface area contributed by atoms with Gasteiger partial charge in [-0.05, 0) is 31.5 Å². The average molecular weight is 210 g/mol. The Balaban J connectivity index is 2.62. The van der Waals surface area contributed by atoms with Crippen molar-refractivity contribution in [2.75, 3.05) is 7.05 Å². The van der Waals surface area contributed by atoms with Crippen molar-refractivity contribution in [2.45, 2.75) is 32.7 Å². The molecule has 0 aliphatic rings. The largest absolute Gasteiger partial charge is 0.317 e. The van der Waals surface area contributed by atoms with E-state index in [0.29, 0.717) is 24.1 Å². The van der Waals surface area contributed by atoms with Crippen molar-refractivity contribution < 1.29 is 4.39 Å². The molecule has 1 atom stereocenters. The molecular weight excluding hydrogens is 191 g/mol. The first-order valence-electron chi connectivity index (χ1n) is 5.40. The van der Waals surface area contributed by atoms with Crippen molar-refractivity contribution in [3.05, 3.63) is 29.8 Å². The number of pyridine rings is 1. The standard InChI is InChI=1S/C12H19FN2/c1-9(2)7-10(14-3)8-12-11(13)5-4-6-15-12/h4-6,9-10,14H,7-8H2,1-3H3. The zero-order chi connectivity index (χ0) is 11.3. The fourth-order valence-electron chi connectivity index (χ4n) is 1.67. The topological polar surface area (TPSA) is 24.9 Å². The van der Waals surface area contributed by atoms with Gasteiger partial charge in [0.1, 0.15) is 5.82 Å². The van der Waals surface area contributed by atoms with E-state index in [-0.39, 0.29) is 5.82 Å². The van der Waals surface area contributed by atoms with Crippen LogP contribution in [0.2, 0.25) is 0 Å². The van der Waals surface area contributed by atoms with Gasteiger partial charge in [-0.25, -0.2) is 4.39 Å². The number of nitrogens with zero attached hydrogens (tertiary/aromatic N) is 1. The summed E-state index contributed by atoms with van der Waals surface area (Å²) in [5.74, 6) is 0.399. The predicted octanol–water partition coefficient (Wildman–Crippen LogP) is 2.40. The summed E-state index contributed by atoms with van der Waals surface area (Å²) in [4.78, 5) is 4.06. The summed E-state index contributed by atoms with van der Waals surface area (Å²) in [6.07, 6.45) is 3.33. The molecular formula is C12H19FN2. The molecule has 1 unspecified atom stereocenters. The first-order chi connectivity index (χ1) is 7.13. The monoisotopic (exact) mass is 210 g/mol. The Bertz CT molecular complexity index is 299. The normalized spacial score (nSPS) is 13.1. The molecule has 0 amide bonds. The van der Waals surface area contributed by atoms with E-state index >= 15 is 0 Å². The van der Waals surface area contributed by atoms with E-state index in [0.717, 1.165) is 6.42 Å². The molecule has 0 saturated heterocycles. The van der Waals surface area contributed by atoms with Gasteiger partial charge < -0.3 is 5.32 Å². The minimum atomic E-state index is -0.207. The van der Waals surface area contributed by atoms with Gasteiger partial charge in [0.15, 0.2) is 0 Å². The molecule has 1 aromatic heterocycles. The van der Waals surface area contributed by atoms with Crippen LogP contribution in [0.25, 0.3) is 0 Å². The summed E-state index contributed by atoms with van der Waals surface area (Å²) in [6.45, 7) is 4.33. The molecule has 0 fully saturated rings. The lowest BCUT2D eigenvalue weighted by molar-refractivity contribution is 0.431. The van der Waals surface area contributed by atoms with Gasteiger partial charge in [0.05, 0.1) is 5.69 Å². The zero-order valence-electron chi connectivity index (χ0n) is 9.63. The number of halogens is 1. The van der Waals surface area contributed by atoms with Gasteiger partial charge in [0.25, 0.3) is 0 Å². The molecule has 1 N–H and O–H groups in total. The summed E-state index contributed by atoms with van der Waals surface area (Å²) < 4.78 is 13.3. The number of likely N-dealkylation sites (N-methyl/N-ethyl adjacent to an activating group) is 1. The first kappa shape index (κ1) is 12.1. The van der Waals surface area contributed by atoms with E-state index < -0.39 is 0 Å². The van der Waals surface area contributed by atoms with Gasteiger partial charge >= 0.3 is 0 Å². The Kier molecular flexibility index (Phi) is 4.69. The van der Waals surface area contributed by atoms with E-state index in [2.05, 4.69) is 24.1 Å². The van der Waals surface area contributed by atoms with Crippen molar-refractivity contribution in [1.29, 1.82) is 0 Å². The van der Waals surface area contributed by atoms with Gasteiger partial charge in [-0.2, -0.15) is 0 Å². The van der Waals surface area contributed by atoms with Gasteiger partial charge in [-0.1, -0.05) is 13.8 Å². The van der Waals surface area contributed by atoms with Crippen LogP contribution in [0.1, 0.15) is 26.0 Å². The Morgan fingerprint density at radius 1 is 1.47 bits per heavy atom. The third-order valence-corrected chi connectivity index (χ3v) is 2.44. The summed E-state index contributed by atoms with van der Waals surface area (Å²) in [6, 6.07) is 3.38. The number of aromatic nitrogens is 1. The molecule has 84 valence electrons. The Labute approximate surface area is 90.9 Å². The van der Waals surface area contributed by atoms with E-state index in [1.807, 2.05) is 7.05 Å². The molecule has 0 radical (unpaired) electrons. The third kappa shape index (κ3) is 3.96. The van der Waals surface area contributed by atoms with Crippen LogP contribution >= 0.6 is 0 Å². The van der Waals surface area contributed by atoms with Crippen LogP contribution in [0, 0.1) is 11.7 Å². The summed E-state index contributed by atoms with van der Waals surface area (Å²) in [7, 11) is 1.91. The van der Waals surface area contributed by atoms with Crippen LogP contribution in [-0.4, -0.2) is 18.1 Å². The molecule has 0 aliphatic heterocycles. The lowest BCUT2D eigenvalue weighted by atomic mass is 9.99. The SMILES string of the molecule is CNC(Cc1ncccc1F)CC(C)C. The zero-order valence-corrected chi connectivity index (χ0v) is 9.63. The maximum atomic E-state index is 13.3. The van der Waals surface area contributed by atoms with Crippen LogP contribution in [0.15, 0.2) is 18.3 Å². The molecule has 1 heterocycles. The molecule has 2 nitrogen and oxygen atoms in total. The average Bonchev–Trinajstić information content (AvgIpc) is 2.19. The molecule has 0 bridgehead atoms. The van der Waals surface area contributed by atoms with Gasteiger partial charge in [0, 0.05) is 18.7 Å². The Morgan fingerprint density at radius 2 is 2.20 bits per heavy atom. The molecule has 3 heteroatoms. The lowest BCUT2D eigenvalue weighted by Crippen LogP contribution is -2.29. The maximum Gasteiger partial charge on any atom is 0.144 e. The predicted molar refractivity (Wildman–Crippen MR) is 60.2 cm³/mol. The van der Waals surface area contributed by atoms with E-state index in [9.17, 15) is 4.39 Å². The molecule has 1 rings (SSSR count). The van der Waals surface area contributed by atoms with Crippen LogP contribution < -0.4 is 5.32 Å². The number of hydrogen-bond donors (Lipinski definition) is 1. The van der Waals surface area contributed by atoms with E-state index in [4.69, 9.17) is 0 Å². The van der Waals surface area contributed by atoms with Crippen LogP contribution in [0.4, 0.5) is 4.39 Å². The maximum absolute atomic E-state index is 13.3. The second kappa shape index (κ2) is 5.81. The summed E-state index contributed by atoms with van der Waals surface area (Å²) >= 11 is 0. The highest BCUT2D eigenvalue weighted by molar-refractivity contribution is 5.08. The van der Waals surface area contributed by atoms with Gasteiger partial charge in [0.2, 0.25) is 0 Å². The first-order valence-corrected chi connectivity index (χ1v) is 5.40. The lowest BCUT2D eigenvalue weighted by Gasteiger charge is -2.17. The molecule has 0 saturated carbocycles. The Morgan fingerprint density at radius 3 is 2.73 bits per heavy atom. The molecule has 1 aromatic rings. The molecule has 0 spiro atoms. The van der Waals surface area contributed by atoms with Gasteiger partial charge in [-0.3, -0.25) is 4.98 Å². The number of hydrogen-bond acceptors (Lipinski definition) is 2. The minimum Gasteiger partial charge on any atom is -0.317 e. The van der Waals surface area contributed by atoms with Gasteiger partial charge in [-0.15, -0.1) is 0 Å². The highest BCUT2D eigenvalue weighted by atomic mass is 19.1. The fourth-order valence-corrected chi connectivity index (χ4v) is 1.67. The summed E-state index contributed by atoms with van der Waals surface area (Å²) in [5.41, 5.74) is 0.553. The Hall–Kier alpha value is -0.960. The van der Waals surface area contributed by atoms with Crippen LogP contribution in [-0.2, 0) is 6.42 Å². The second-order valence-electron chi connectivity index (χ2n) is 4.25. The minimum absolute atomic E-state index is 0.207. The van der Waals surface area contributed by atoms with Crippen LogP contribution in [0.5, 0.6) is 0 Å². The van der Waals surface area contributed by atoms with Crippen molar-refractivity contribution in [2.24, 2.45) is 5.92 Å². The molecule has 15 heavy (non-hydrogen) atoms. The molecule has 0 aromatic carbocycles. The van der Waals surface area contributed by atoms with Crippen molar-refractivity contribution in [3.63, 3.8) is 0 Å². The quantitative estimate of drug-likeness (QED) is 0.807. The van der Waals surface area contributed by atoms with Crippen molar-refractivity contribution >= 4 is 0 Å². The smallest absolute Gasteiger partial charge is 0.144 e. The summed E-state index contributed by atoms with van der Waals surface area (Å²) in [5, 5.41) is 3.20. The fraction of sp³-hybridized carbons (Fsp3) is 0.583. The second-order valence-corrected chi connectivity index (χ2v) is 4.25. The van der Waals surface area contributed by atoms with Crippen molar-refractivity contribution in [1.82, 2.24) is 10.3 Å². The highest BCUT2D eigenvalue weighted by Gasteiger charge is 2.12.